The highest BCUT2D eigenvalue weighted by atomic mass is 35.5. The molecule has 24 heavy (non-hydrogen) atoms. The Morgan fingerprint density at radius 1 is 1.42 bits per heavy atom. The van der Waals surface area contributed by atoms with Crippen LogP contribution >= 0.6 is 11.6 Å². The number of anilines is 1. The molecule has 1 atom stereocenters. The van der Waals surface area contributed by atoms with Gasteiger partial charge in [0.05, 0.1) is 10.6 Å². The zero-order valence-corrected chi connectivity index (χ0v) is 14.7. The van der Waals surface area contributed by atoms with Crippen LogP contribution in [0.4, 0.5) is 10.5 Å². The summed E-state index contributed by atoms with van der Waals surface area (Å²) in [6.07, 6.45) is 0.832. The van der Waals surface area contributed by atoms with Gasteiger partial charge in [-0.25, -0.2) is 4.79 Å². The highest BCUT2D eigenvalue weighted by Crippen LogP contribution is 2.24. The first-order valence-corrected chi connectivity index (χ1v) is 8.09. The van der Waals surface area contributed by atoms with Crippen molar-refractivity contribution < 1.29 is 14.3 Å². The van der Waals surface area contributed by atoms with Gasteiger partial charge in [-0.2, -0.15) is 5.26 Å². The molecule has 1 aromatic rings. The monoisotopic (exact) mass is 349 g/mol. The minimum absolute atomic E-state index is 0.269. The lowest BCUT2D eigenvalue weighted by Crippen LogP contribution is -2.45. The first-order valence-electron chi connectivity index (χ1n) is 7.71. The second-order valence-corrected chi connectivity index (χ2v) is 7.03. The Morgan fingerprint density at radius 2 is 2.12 bits per heavy atom. The van der Waals surface area contributed by atoms with Crippen molar-refractivity contribution >= 4 is 29.3 Å². The van der Waals surface area contributed by atoms with Crippen LogP contribution in [0, 0.1) is 11.3 Å². The number of nitrogens with zero attached hydrogens (tertiary/aromatic N) is 2. The number of nitrogens with one attached hydrogen (secondary N) is 1. The minimum Gasteiger partial charge on any atom is -0.444 e. The van der Waals surface area contributed by atoms with Crippen molar-refractivity contribution in [1.29, 1.82) is 5.26 Å². The largest absolute Gasteiger partial charge is 0.444 e. The van der Waals surface area contributed by atoms with E-state index in [1.54, 1.807) is 26.8 Å². The second-order valence-electron chi connectivity index (χ2n) is 6.63. The summed E-state index contributed by atoms with van der Waals surface area (Å²) in [7, 11) is 0. The molecule has 7 heteroatoms. The standard InChI is InChI=1S/C17H20ClN3O3/c1-17(2,3)24-16(23)21-8-4-5-14(21)15(22)20-12-7-6-11(10-19)13(18)9-12/h6-7,9,14H,4-5,8H2,1-3H3,(H,20,22)/t14-/m1/s1. The van der Waals surface area contributed by atoms with Gasteiger partial charge in [0, 0.05) is 12.2 Å². The van der Waals surface area contributed by atoms with Gasteiger partial charge in [0.25, 0.3) is 0 Å². The topological polar surface area (TPSA) is 82.4 Å². The number of amides is 2. The normalized spacial score (nSPS) is 17.3. The van der Waals surface area contributed by atoms with Crippen LogP contribution in [0.2, 0.25) is 5.02 Å². The molecule has 1 N–H and O–H groups in total. The van der Waals surface area contributed by atoms with Crippen LogP contribution in [-0.4, -0.2) is 35.1 Å². The molecule has 0 radical (unpaired) electrons. The van der Waals surface area contributed by atoms with Crippen LogP contribution in [-0.2, 0) is 9.53 Å². The molecule has 1 aliphatic rings. The molecular weight excluding hydrogens is 330 g/mol. The third kappa shape index (κ3) is 4.39. The van der Waals surface area contributed by atoms with Gasteiger partial charge in [-0.3, -0.25) is 9.69 Å². The number of hydrogen-bond donors (Lipinski definition) is 1. The fraction of sp³-hybridized carbons (Fsp3) is 0.471. The second kappa shape index (κ2) is 7.10. The number of halogens is 1. The fourth-order valence-electron chi connectivity index (χ4n) is 2.49. The zero-order chi connectivity index (χ0) is 17.9. The van der Waals surface area contributed by atoms with Crippen molar-refractivity contribution in [3.8, 4) is 6.07 Å². The van der Waals surface area contributed by atoms with Gasteiger partial charge in [-0.1, -0.05) is 11.6 Å². The van der Waals surface area contributed by atoms with Gasteiger partial charge in [-0.05, 0) is 51.8 Å². The van der Waals surface area contributed by atoms with Crippen molar-refractivity contribution in [3.63, 3.8) is 0 Å². The molecule has 1 aliphatic heterocycles. The molecule has 1 heterocycles. The third-order valence-corrected chi connectivity index (χ3v) is 3.85. The Bertz CT molecular complexity index is 691. The Kier molecular flexibility index (Phi) is 5.35. The molecule has 6 nitrogen and oxygen atoms in total. The first kappa shape index (κ1) is 18.1. The Labute approximate surface area is 146 Å². The molecule has 1 saturated heterocycles. The summed E-state index contributed by atoms with van der Waals surface area (Å²) < 4.78 is 5.35. The number of hydrogen-bond acceptors (Lipinski definition) is 4. The molecule has 1 aromatic carbocycles. The van der Waals surface area contributed by atoms with E-state index < -0.39 is 17.7 Å². The van der Waals surface area contributed by atoms with Crippen LogP contribution in [0.15, 0.2) is 18.2 Å². The summed E-state index contributed by atoms with van der Waals surface area (Å²) in [6, 6.07) is 6.05. The van der Waals surface area contributed by atoms with E-state index in [0.29, 0.717) is 24.2 Å². The van der Waals surface area contributed by atoms with E-state index in [-0.39, 0.29) is 10.9 Å². The van der Waals surface area contributed by atoms with Crippen LogP contribution in [0.3, 0.4) is 0 Å². The molecule has 2 rings (SSSR count). The number of ether oxygens (including phenoxy) is 1. The Hall–Kier alpha value is -2.26. The predicted molar refractivity (Wildman–Crippen MR) is 90.8 cm³/mol. The molecular formula is C17H20ClN3O3. The molecule has 0 unspecified atom stereocenters. The predicted octanol–water partition coefficient (Wildman–Crippen LogP) is 3.55. The van der Waals surface area contributed by atoms with Gasteiger partial charge in [-0.15, -0.1) is 0 Å². The van der Waals surface area contributed by atoms with Gasteiger partial charge >= 0.3 is 6.09 Å². The van der Waals surface area contributed by atoms with E-state index in [1.807, 2.05) is 6.07 Å². The van der Waals surface area contributed by atoms with Crippen LogP contribution in [0.5, 0.6) is 0 Å². The summed E-state index contributed by atoms with van der Waals surface area (Å²) >= 11 is 5.97. The lowest BCUT2D eigenvalue weighted by atomic mass is 10.2. The summed E-state index contributed by atoms with van der Waals surface area (Å²) in [5.41, 5.74) is 0.215. The van der Waals surface area contributed by atoms with Crippen LogP contribution in [0.1, 0.15) is 39.2 Å². The number of benzene rings is 1. The van der Waals surface area contributed by atoms with E-state index in [1.165, 1.54) is 17.0 Å². The zero-order valence-electron chi connectivity index (χ0n) is 13.9. The molecule has 2 amide bonds. The molecule has 1 fully saturated rings. The minimum atomic E-state index is -0.610. The van der Waals surface area contributed by atoms with Crippen LogP contribution in [0.25, 0.3) is 0 Å². The SMILES string of the molecule is CC(C)(C)OC(=O)N1CCC[C@@H]1C(=O)Nc1ccc(C#N)c(Cl)c1. The van der Waals surface area contributed by atoms with Crippen molar-refractivity contribution in [2.45, 2.75) is 45.3 Å². The van der Waals surface area contributed by atoms with Crippen molar-refractivity contribution in [2.75, 3.05) is 11.9 Å². The quantitative estimate of drug-likeness (QED) is 0.885. The van der Waals surface area contributed by atoms with Gasteiger partial charge in [0.15, 0.2) is 0 Å². The van der Waals surface area contributed by atoms with Crippen molar-refractivity contribution in [2.24, 2.45) is 0 Å². The average Bonchev–Trinajstić information content (AvgIpc) is 2.95. The van der Waals surface area contributed by atoms with E-state index in [4.69, 9.17) is 21.6 Å². The van der Waals surface area contributed by atoms with E-state index in [9.17, 15) is 9.59 Å². The van der Waals surface area contributed by atoms with E-state index in [2.05, 4.69) is 5.32 Å². The molecule has 0 saturated carbocycles. The smallest absolute Gasteiger partial charge is 0.410 e. The first-order chi connectivity index (χ1) is 11.2. The maximum atomic E-state index is 12.5. The number of likely N-dealkylation sites (tertiary alicyclic amines) is 1. The lowest BCUT2D eigenvalue weighted by Gasteiger charge is -2.28. The Balaban J connectivity index is 2.07. The van der Waals surface area contributed by atoms with Gasteiger partial charge in [0.2, 0.25) is 5.91 Å². The maximum Gasteiger partial charge on any atom is 0.410 e. The average molecular weight is 350 g/mol. The number of nitriles is 1. The molecule has 0 aromatic heterocycles. The van der Waals surface area contributed by atoms with Crippen LogP contribution < -0.4 is 5.32 Å². The summed E-state index contributed by atoms with van der Waals surface area (Å²) in [6.45, 7) is 5.85. The summed E-state index contributed by atoms with van der Waals surface area (Å²) in [5.74, 6) is -0.292. The number of rotatable bonds is 2. The Morgan fingerprint density at radius 3 is 2.71 bits per heavy atom. The highest BCUT2D eigenvalue weighted by molar-refractivity contribution is 6.32. The molecule has 0 bridgehead atoms. The van der Waals surface area contributed by atoms with E-state index >= 15 is 0 Å². The van der Waals surface area contributed by atoms with Crippen molar-refractivity contribution in [3.05, 3.63) is 28.8 Å². The maximum absolute atomic E-state index is 12.5. The van der Waals surface area contributed by atoms with Gasteiger partial charge < -0.3 is 10.1 Å². The van der Waals surface area contributed by atoms with Gasteiger partial charge in [0.1, 0.15) is 17.7 Å². The fourth-order valence-corrected chi connectivity index (χ4v) is 2.71. The molecule has 0 aliphatic carbocycles. The highest BCUT2D eigenvalue weighted by Gasteiger charge is 2.36. The van der Waals surface area contributed by atoms with Crippen molar-refractivity contribution in [1.82, 2.24) is 4.90 Å². The number of carbonyl (C=O) groups is 2. The summed E-state index contributed by atoms with van der Waals surface area (Å²) in [5, 5.41) is 11.9. The lowest BCUT2D eigenvalue weighted by molar-refractivity contribution is -0.120. The van der Waals surface area contributed by atoms with E-state index in [0.717, 1.165) is 6.42 Å². The molecule has 128 valence electrons. The number of carbonyl (C=O) groups excluding carboxylic acids is 2. The molecule has 0 spiro atoms. The third-order valence-electron chi connectivity index (χ3n) is 3.54. The summed E-state index contributed by atoms with van der Waals surface area (Å²) in [4.78, 5) is 26.2.